The van der Waals surface area contributed by atoms with E-state index >= 15 is 0 Å². The second-order valence-corrected chi connectivity index (χ2v) is 15.5. The van der Waals surface area contributed by atoms with Crippen LogP contribution < -0.4 is 11.2 Å². The van der Waals surface area contributed by atoms with Crippen molar-refractivity contribution in [3.05, 3.63) is 45.3 Å². The molecule has 3 heterocycles. The highest BCUT2D eigenvalue weighted by Crippen LogP contribution is 2.75. The molecule has 1 aliphatic carbocycles. The maximum absolute atomic E-state index is 14.9. The smallest absolute Gasteiger partial charge is 0.330 e. The van der Waals surface area contributed by atoms with Crippen LogP contribution in [0.5, 0.6) is 0 Å². The zero-order chi connectivity index (χ0) is 22.6. The van der Waals surface area contributed by atoms with Crippen molar-refractivity contribution in [2.45, 2.75) is 69.4 Å². The summed E-state index contributed by atoms with van der Waals surface area (Å²) in [5.41, 5.74) is -2.68. The molecular formula is C20H28FN2O5PS2. The second kappa shape index (κ2) is 8.54. The predicted molar refractivity (Wildman–Crippen MR) is 123 cm³/mol. The number of alkyl halides is 1. The van der Waals surface area contributed by atoms with Crippen molar-refractivity contribution in [2.24, 2.45) is 11.8 Å². The molecule has 11 heteroatoms. The van der Waals surface area contributed by atoms with Crippen molar-refractivity contribution < 1.29 is 18.2 Å². The van der Waals surface area contributed by atoms with Crippen LogP contribution in [0, 0.1) is 11.8 Å². The van der Waals surface area contributed by atoms with E-state index in [2.05, 4.69) is 25.4 Å². The fraction of sp³-hybridized carbons (Fsp3) is 0.700. The van der Waals surface area contributed by atoms with E-state index in [1.807, 2.05) is 0 Å². The number of aromatic amines is 1. The summed E-state index contributed by atoms with van der Waals surface area (Å²) in [6.45, 7) is 10.1. The number of rotatable bonds is 5. The van der Waals surface area contributed by atoms with Crippen LogP contribution >= 0.6 is 17.1 Å². The Balaban J connectivity index is 1.42. The van der Waals surface area contributed by atoms with Crippen molar-refractivity contribution in [1.82, 2.24) is 9.55 Å². The van der Waals surface area contributed by atoms with Crippen LogP contribution in [0.15, 0.2) is 34.0 Å². The van der Waals surface area contributed by atoms with Gasteiger partial charge in [0.15, 0.2) is 12.4 Å². The molecule has 1 aromatic rings. The largest absolute Gasteiger partial charge is 0.349 e. The number of hydrogen-bond acceptors (Lipinski definition) is 7. The zero-order valence-corrected chi connectivity index (χ0v) is 20.3. The average molecular weight is 491 g/mol. The number of halogens is 1. The number of ether oxygens (including phenoxy) is 1. The van der Waals surface area contributed by atoms with E-state index in [9.17, 15) is 14.0 Å². The first kappa shape index (κ1) is 23.4. The third-order valence-corrected chi connectivity index (χ3v) is 12.5. The van der Waals surface area contributed by atoms with E-state index in [0.717, 1.165) is 23.8 Å². The topological polar surface area (TPSA) is 82.5 Å². The molecule has 8 atom stereocenters. The molecule has 0 aromatic carbocycles. The number of allylic oxidation sites excluding steroid dienone is 1. The number of H-pyrrole nitrogens is 1. The first-order chi connectivity index (χ1) is 14.5. The van der Waals surface area contributed by atoms with Crippen molar-refractivity contribution in [2.75, 3.05) is 6.61 Å². The molecule has 2 aliphatic heterocycles. The predicted octanol–water partition coefficient (Wildman–Crippen LogP) is 3.92. The maximum Gasteiger partial charge on any atom is 0.330 e. The van der Waals surface area contributed by atoms with Crippen molar-refractivity contribution in [1.29, 1.82) is 0 Å². The standard InChI is InChI=1S/C20H28FN2O5PS2/c1-11(2)13-5-7-20(4)15(9-13)28-29(30,31-20)26-10-14-12(3)17(21)18(27-14)23-8-6-16(24)22-19(23)25/h6,8,12-15,17-18H,1,5,7,9-10H2,2-4H3,(H,22,24,25)/t12-,13+,14-,15-,17-,18-,20-,29-/m1/s1. The van der Waals surface area contributed by atoms with Crippen LogP contribution in [-0.2, 0) is 25.6 Å². The highest BCUT2D eigenvalue weighted by molar-refractivity contribution is 8.68. The monoisotopic (exact) mass is 490 g/mol. The van der Waals surface area contributed by atoms with Gasteiger partial charge < -0.3 is 13.8 Å². The summed E-state index contributed by atoms with van der Waals surface area (Å²) in [6, 6.07) is 1.17. The highest BCUT2D eigenvalue weighted by atomic mass is 32.9. The molecular weight excluding hydrogens is 462 g/mol. The molecule has 4 rings (SSSR count). The molecule has 1 saturated carbocycles. The van der Waals surface area contributed by atoms with Gasteiger partial charge >= 0.3 is 5.69 Å². The summed E-state index contributed by atoms with van der Waals surface area (Å²) in [4.78, 5) is 25.5. The molecule has 2 saturated heterocycles. The molecule has 0 spiro atoms. The van der Waals surface area contributed by atoms with Gasteiger partial charge in [-0.15, -0.1) is 0 Å². The minimum absolute atomic E-state index is 0.0158. The molecule has 3 aliphatic rings. The quantitative estimate of drug-likeness (QED) is 0.495. The van der Waals surface area contributed by atoms with Crippen LogP contribution in [0.3, 0.4) is 0 Å². The van der Waals surface area contributed by atoms with Gasteiger partial charge in [0.2, 0.25) is 5.69 Å². The highest BCUT2D eigenvalue weighted by Gasteiger charge is 2.54. The van der Waals surface area contributed by atoms with Crippen molar-refractivity contribution in [3.8, 4) is 0 Å². The summed E-state index contributed by atoms with van der Waals surface area (Å²) in [5.74, 6) is -0.0780. The third kappa shape index (κ3) is 4.52. The lowest BCUT2D eigenvalue weighted by Crippen LogP contribution is -2.39. The van der Waals surface area contributed by atoms with Gasteiger partial charge in [-0.2, -0.15) is 0 Å². The fourth-order valence-corrected chi connectivity index (χ4v) is 11.6. The number of fused-ring (bicyclic) bond motifs is 1. The number of aromatic nitrogens is 2. The minimum atomic E-state index is -2.60. The fourth-order valence-electron chi connectivity index (χ4n) is 4.49. The number of nitrogens with zero attached hydrogens (tertiary/aromatic N) is 1. The molecule has 31 heavy (non-hydrogen) atoms. The lowest BCUT2D eigenvalue weighted by atomic mass is 9.77. The lowest BCUT2D eigenvalue weighted by molar-refractivity contribution is -0.0385. The second-order valence-electron chi connectivity index (χ2n) is 8.94. The van der Waals surface area contributed by atoms with Crippen LogP contribution in [0.2, 0.25) is 0 Å². The Morgan fingerprint density at radius 3 is 2.97 bits per heavy atom. The van der Waals surface area contributed by atoms with Crippen LogP contribution in [-0.4, -0.2) is 39.3 Å². The molecule has 1 N–H and O–H groups in total. The van der Waals surface area contributed by atoms with Gasteiger partial charge in [-0.25, -0.2) is 9.18 Å². The van der Waals surface area contributed by atoms with E-state index in [4.69, 9.17) is 25.6 Å². The van der Waals surface area contributed by atoms with Gasteiger partial charge in [0.05, 0.1) is 18.8 Å². The van der Waals surface area contributed by atoms with Gasteiger partial charge in [0.1, 0.15) is 0 Å². The lowest BCUT2D eigenvalue weighted by Gasteiger charge is -2.37. The molecule has 7 nitrogen and oxygen atoms in total. The average Bonchev–Trinajstić information content (AvgIpc) is 3.12. The van der Waals surface area contributed by atoms with Crippen LogP contribution in [0.4, 0.5) is 4.39 Å². The van der Waals surface area contributed by atoms with Gasteiger partial charge in [0.25, 0.3) is 5.56 Å². The van der Waals surface area contributed by atoms with Gasteiger partial charge in [-0.05, 0) is 50.8 Å². The summed E-state index contributed by atoms with van der Waals surface area (Å²) >= 11 is 7.39. The summed E-state index contributed by atoms with van der Waals surface area (Å²) < 4.78 is 34.1. The molecule has 0 unspecified atom stereocenters. The third-order valence-electron chi connectivity index (χ3n) is 6.64. The number of hydrogen-bond donors (Lipinski definition) is 1. The zero-order valence-electron chi connectivity index (χ0n) is 17.8. The number of nitrogens with one attached hydrogen (secondary N) is 1. The summed E-state index contributed by atoms with van der Waals surface area (Å²) in [6.07, 6.45) is 1.07. The molecule has 0 amide bonds. The van der Waals surface area contributed by atoms with E-state index in [1.54, 1.807) is 18.3 Å². The summed E-state index contributed by atoms with van der Waals surface area (Å²) in [7, 11) is 0. The normalized spacial score (nSPS) is 42.5. The van der Waals surface area contributed by atoms with Crippen molar-refractivity contribution in [3.63, 3.8) is 0 Å². The Morgan fingerprint density at radius 1 is 1.55 bits per heavy atom. The van der Waals surface area contributed by atoms with E-state index in [-0.39, 0.29) is 17.5 Å². The van der Waals surface area contributed by atoms with Gasteiger partial charge in [-0.3, -0.25) is 14.3 Å². The first-order valence-electron chi connectivity index (χ1n) is 10.4. The Bertz CT molecular complexity index is 1030. The van der Waals surface area contributed by atoms with Crippen LogP contribution in [0.25, 0.3) is 0 Å². The van der Waals surface area contributed by atoms with E-state index in [1.165, 1.54) is 17.8 Å². The van der Waals surface area contributed by atoms with Gasteiger partial charge in [0, 0.05) is 22.9 Å². The Kier molecular flexibility index (Phi) is 6.44. The van der Waals surface area contributed by atoms with Crippen LogP contribution in [0.1, 0.15) is 46.3 Å². The molecule has 3 fully saturated rings. The van der Waals surface area contributed by atoms with E-state index < -0.39 is 41.4 Å². The molecule has 172 valence electrons. The summed E-state index contributed by atoms with van der Waals surface area (Å²) in [5, 5.41) is 0. The van der Waals surface area contributed by atoms with Crippen molar-refractivity contribution >= 4 is 28.9 Å². The minimum Gasteiger partial charge on any atom is -0.349 e. The van der Waals surface area contributed by atoms with Gasteiger partial charge in [-0.1, -0.05) is 30.5 Å². The Labute approximate surface area is 189 Å². The maximum atomic E-state index is 14.9. The Hall–Kier alpha value is -0.770. The first-order valence-corrected chi connectivity index (χ1v) is 14.5. The molecule has 1 aromatic heterocycles. The Morgan fingerprint density at radius 2 is 2.29 bits per heavy atom. The molecule has 0 bridgehead atoms. The van der Waals surface area contributed by atoms with E-state index in [0.29, 0.717) is 5.92 Å². The SMILES string of the molecule is C=C(C)[C@H]1CC[C@@]2(C)S[P@](=S)(OC[C@H]3O[C@@H](n4ccc(=O)[nH]c4=O)[C@H](F)[C@@H]3C)O[C@@H]2C1. The molecule has 0 radical (unpaired) electrons.